The topological polar surface area (TPSA) is 29.4 Å². The molecule has 2 nitrogen and oxygen atoms in total. The molecule has 0 amide bonds. The van der Waals surface area contributed by atoms with Crippen LogP contribution in [-0.4, -0.2) is 18.2 Å². The Labute approximate surface area is 186 Å². The van der Waals surface area contributed by atoms with E-state index in [0.29, 0.717) is 11.8 Å². The second-order valence-electron chi connectivity index (χ2n) is 7.54. The molecule has 0 N–H and O–H groups in total. The van der Waals surface area contributed by atoms with Gasteiger partial charge in [-0.1, -0.05) is 47.0 Å². The Hall–Kier alpha value is -1.93. The average Bonchev–Trinajstić information content (AvgIpc) is 2.64. The van der Waals surface area contributed by atoms with Crippen molar-refractivity contribution < 1.29 is 35.5 Å². The van der Waals surface area contributed by atoms with Crippen LogP contribution >= 0.6 is 0 Å². The average molecular weight is 474 g/mol. The third-order valence-corrected chi connectivity index (χ3v) is 4.39. The fourth-order valence-corrected chi connectivity index (χ4v) is 2.08. The first-order valence-corrected chi connectivity index (χ1v) is 10.5. The van der Waals surface area contributed by atoms with E-state index in [2.05, 4.69) is 11.9 Å². The summed E-state index contributed by atoms with van der Waals surface area (Å²) in [6.07, 6.45) is -4.48. The summed E-state index contributed by atoms with van der Waals surface area (Å²) in [6, 6.07) is 1.34. The molecule has 0 aliphatic heterocycles. The van der Waals surface area contributed by atoms with Crippen LogP contribution in [0.25, 0.3) is 0 Å². The Kier molecular flexibility index (Phi) is 15.1. The summed E-state index contributed by atoms with van der Waals surface area (Å²) >= 11 is 0. The standard InChI is InChI=1S/C11H11F4N.C5H7F3O.C5H10.C2H6/c1-6(2)16-10-5-8(11(13,14)15)4-9(12)7(10)3;1-4(2-3-9)5(6,7)8;1-5-3-2-4-5;1-2/h4-5H,1-3H3;3-4H,2H2,1H3;5H,2-4H2,1H3;1-2H3/t;4-;;/m.0../s1. The van der Waals surface area contributed by atoms with Crippen molar-refractivity contribution in [2.24, 2.45) is 16.8 Å². The van der Waals surface area contributed by atoms with Gasteiger partial charge < -0.3 is 4.79 Å². The maximum atomic E-state index is 13.3. The Bertz CT molecular complexity index is 702. The number of nitrogens with zero attached hydrogens (tertiary/aromatic N) is 1. The number of halogens is 7. The summed E-state index contributed by atoms with van der Waals surface area (Å²) < 4.78 is 84.9. The van der Waals surface area contributed by atoms with Gasteiger partial charge in [-0.3, -0.25) is 4.99 Å². The minimum Gasteiger partial charge on any atom is -0.303 e. The Morgan fingerprint density at radius 3 is 1.84 bits per heavy atom. The molecule has 0 saturated heterocycles. The van der Waals surface area contributed by atoms with Crippen molar-refractivity contribution in [3.8, 4) is 0 Å². The summed E-state index contributed by atoms with van der Waals surface area (Å²) in [7, 11) is 0. The molecular formula is C23H34F7NO. The fourth-order valence-electron chi connectivity index (χ4n) is 2.08. The number of aliphatic imine (C=N–C) groups is 1. The van der Waals surface area contributed by atoms with Crippen LogP contribution in [0.1, 0.15) is 78.4 Å². The van der Waals surface area contributed by atoms with Crippen LogP contribution in [0.15, 0.2) is 17.1 Å². The highest BCUT2D eigenvalue weighted by molar-refractivity contribution is 5.82. The zero-order valence-electron chi connectivity index (χ0n) is 19.7. The van der Waals surface area contributed by atoms with E-state index in [1.807, 2.05) is 13.8 Å². The normalized spacial score (nSPS) is 14.2. The van der Waals surface area contributed by atoms with Crippen LogP contribution in [0.4, 0.5) is 36.4 Å². The minimum absolute atomic E-state index is 0.0207. The monoisotopic (exact) mass is 473 g/mol. The number of carbonyl (C=O) groups is 1. The van der Waals surface area contributed by atoms with Gasteiger partial charge in [0.25, 0.3) is 0 Å². The van der Waals surface area contributed by atoms with E-state index in [1.165, 1.54) is 26.2 Å². The van der Waals surface area contributed by atoms with Crippen LogP contribution in [0.3, 0.4) is 0 Å². The molecule has 1 aromatic rings. The predicted molar refractivity (Wildman–Crippen MR) is 115 cm³/mol. The molecule has 1 aliphatic rings. The number of benzene rings is 1. The summed E-state index contributed by atoms with van der Waals surface area (Å²) in [5, 5.41) is 0. The van der Waals surface area contributed by atoms with Gasteiger partial charge in [0.1, 0.15) is 12.1 Å². The summed E-state index contributed by atoms with van der Waals surface area (Å²) in [5.74, 6) is -1.33. The van der Waals surface area contributed by atoms with Gasteiger partial charge in [0.05, 0.1) is 17.2 Å². The van der Waals surface area contributed by atoms with E-state index in [1.54, 1.807) is 13.8 Å². The molecule has 0 spiro atoms. The van der Waals surface area contributed by atoms with Gasteiger partial charge in [-0.15, -0.1) is 0 Å². The van der Waals surface area contributed by atoms with Crippen molar-refractivity contribution in [3.05, 3.63) is 29.1 Å². The highest BCUT2D eigenvalue weighted by Gasteiger charge is 2.35. The smallest absolute Gasteiger partial charge is 0.303 e. The highest BCUT2D eigenvalue weighted by atomic mass is 19.4. The van der Waals surface area contributed by atoms with Crippen LogP contribution in [0.2, 0.25) is 0 Å². The number of rotatable bonds is 3. The van der Waals surface area contributed by atoms with Crippen LogP contribution < -0.4 is 0 Å². The molecule has 2 rings (SSSR count). The first-order valence-electron chi connectivity index (χ1n) is 10.5. The zero-order valence-corrected chi connectivity index (χ0v) is 19.7. The second-order valence-corrected chi connectivity index (χ2v) is 7.54. The van der Waals surface area contributed by atoms with E-state index in [-0.39, 0.29) is 17.5 Å². The Balaban J connectivity index is 0. The zero-order chi connectivity index (χ0) is 25.7. The molecule has 1 aliphatic carbocycles. The van der Waals surface area contributed by atoms with Gasteiger partial charge in [-0.05, 0) is 38.8 Å². The molecule has 0 radical (unpaired) electrons. The number of aldehydes is 1. The maximum Gasteiger partial charge on any atom is 0.416 e. The van der Waals surface area contributed by atoms with Gasteiger partial charge in [0.15, 0.2) is 0 Å². The summed E-state index contributed by atoms with van der Waals surface area (Å²) in [4.78, 5) is 13.4. The van der Waals surface area contributed by atoms with Crippen molar-refractivity contribution in [3.63, 3.8) is 0 Å². The molecule has 1 saturated carbocycles. The number of carbonyl (C=O) groups excluding carboxylic acids is 1. The van der Waals surface area contributed by atoms with E-state index in [0.717, 1.165) is 18.9 Å². The van der Waals surface area contributed by atoms with E-state index in [9.17, 15) is 35.5 Å². The van der Waals surface area contributed by atoms with Crippen molar-refractivity contribution >= 4 is 17.7 Å². The highest BCUT2D eigenvalue weighted by Crippen LogP contribution is 2.34. The Morgan fingerprint density at radius 2 is 1.59 bits per heavy atom. The molecule has 0 heterocycles. The SMILES string of the molecule is CC.CC(C)=Nc1cc(C(F)(F)F)cc(F)c1C.CC1CCC1.C[C@@H](CC=O)C(F)(F)F. The lowest BCUT2D eigenvalue weighted by atomic mass is 9.88. The van der Waals surface area contributed by atoms with Crippen LogP contribution in [0.5, 0.6) is 0 Å². The Morgan fingerprint density at radius 1 is 1.12 bits per heavy atom. The van der Waals surface area contributed by atoms with Gasteiger partial charge in [-0.25, -0.2) is 4.39 Å². The number of hydrogen-bond acceptors (Lipinski definition) is 2. The first kappa shape index (κ1) is 32.3. The molecule has 186 valence electrons. The molecular weight excluding hydrogens is 439 g/mol. The summed E-state index contributed by atoms with van der Waals surface area (Å²) in [6.45, 7) is 12.0. The van der Waals surface area contributed by atoms with E-state index in [4.69, 9.17) is 0 Å². The third kappa shape index (κ3) is 13.5. The van der Waals surface area contributed by atoms with Gasteiger partial charge in [0, 0.05) is 17.7 Å². The molecule has 32 heavy (non-hydrogen) atoms. The lowest BCUT2D eigenvalue weighted by Crippen LogP contribution is -2.19. The van der Waals surface area contributed by atoms with Gasteiger partial charge in [0.2, 0.25) is 0 Å². The van der Waals surface area contributed by atoms with E-state index >= 15 is 0 Å². The molecule has 1 atom stereocenters. The van der Waals surface area contributed by atoms with Crippen molar-refractivity contribution in [2.45, 2.75) is 86.5 Å². The molecule has 9 heteroatoms. The quantitative estimate of drug-likeness (QED) is 0.245. The lowest BCUT2D eigenvalue weighted by molar-refractivity contribution is -0.171. The number of hydrogen-bond donors (Lipinski definition) is 0. The number of alkyl halides is 6. The first-order chi connectivity index (χ1) is 14.6. The van der Waals surface area contributed by atoms with Crippen molar-refractivity contribution in [1.29, 1.82) is 0 Å². The van der Waals surface area contributed by atoms with Gasteiger partial charge >= 0.3 is 12.4 Å². The van der Waals surface area contributed by atoms with Crippen molar-refractivity contribution in [2.75, 3.05) is 0 Å². The molecule has 0 bridgehead atoms. The molecule has 0 unspecified atom stereocenters. The largest absolute Gasteiger partial charge is 0.416 e. The van der Waals surface area contributed by atoms with Gasteiger partial charge in [-0.2, -0.15) is 26.3 Å². The van der Waals surface area contributed by atoms with E-state index < -0.39 is 36.1 Å². The second kappa shape index (κ2) is 15.0. The molecule has 0 aromatic heterocycles. The van der Waals surface area contributed by atoms with Crippen LogP contribution in [-0.2, 0) is 11.0 Å². The van der Waals surface area contributed by atoms with Crippen molar-refractivity contribution in [1.82, 2.24) is 0 Å². The predicted octanol–water partition coefficient (Wildman–Crippen LogP) is 8.87. The summed E-state index contributed by atoms with van der Waals surface area (Å²) in [5.41, 5.74) is -0.307. The molecule has 1 fully saturated rings. The lowest BCUT2D eigenvalue weighted by Gasteiger charge is -2.18. The van der Waals surface area contributed by atoms with Crippen LogP contribution in [0, 0.1) is 24.6 Å². The molecule has 1 aromatic carbocycles. The minimum atomic E-state index is -4.56. The maximum absolute atomic E-state index is 13.3. The fraction of sp³-hybridized carbons (Fsp3) is 0.652. The third-order valence-electron chi connectivity index (χ3n) is 4.39.